The molecule has 0 radical (unpaired) electrons. The number of amides is 1. The standard InChI is InChI=1S/C12H14FNO4S/c1-2-5-14-11(15)7-19(18)10-6-8(12(16)17)3-4-9(10)13/h3-4,6H,2,5,7H2,1H3,(H,14,15)(H,16,17). The molecule has 19 heavy (non-hydrogen) atoms. The van der Waals surface area contributed by atoms with Gasteiger partial charge in [0.25, 0.3) is 0 Å². The van der Waals surface area contributed by atoms with E-state index in [9.17, 15) is 18.2 Å². The van der Waals surface area contributed by atoms with E-state index < -0.39 is 28.5 Å². The molecule has 1 aromatic carbocycles. The predicted octanol–water partition coefficient (Wildman–Crippen LogP) is 1.16. The van der Waals surface area contributed by atoms with E-state index in [4.69, 9.17) is 5.11 Å². The Morgan fingerprint density at radius 3 is 2.68 bits per heavy atom. The Bertz CT molecular complexity index is 518. The maximum absolute atomic E-state index is 13.5. The molecule has 1 rings (SSSR count). The predicted molar refractivity (Wildman–Crippen MR) is 67.9 cm³/mol. The maximum Gasteiger partial charge on any atom is 0.335 e. The first kappa shape index (κ1) is 15.3. The first-order chi connectivity index (χ1) is 8.95. The Hall–Kier alpha value is -1.76. The number of carbonyl (C=O) groups is 2. The number of halogens is 1. The van der Waals surface area contributed by atoms with Crippen LogP contribution in [0.1, 0.15) is 23.7 Å². The average Bonchev–Trinajstić information content (AvgIpc) is 2.36. The Labute approximate surface area is 112 Å². The number of hydrogen-bond acceptors (Lipinski definition) is 3. The molecule has 0 spiro atoms. The largest absolute Gasteiger partial charge is 0.478 e. The normalized spacial score (nSPS) is 11.9. The minimum Gasteiger partial charge on any atom is -0.478 e. The topological polar surface area (TPSA) is 83.5 Å². The summed E-state index contributed by atoms with van der Waals surface area (Å²) in [5.41, 5.74) is -0.168. The van der Waals surface area contributed by atoms with Crippen molar-refractivity contribution in [2.75, 3.05) is 12.3 Å². The highest BCUT2D eigenvalue weighted by atomic mass is 32.2. The van der Waals surface area contributed by atoms with Crippen molar-refractivity contribution in [1.29, 1.82) is 0 Å². The quantitative estimate of drug-likeness (QED) is 0.822. The summed E-state index contributed by atoms with van der Waals surface area (Å²) in [6.07, 6.45) is 0.737. The molecule has 1 unspecified atom stereocenters. The van der Waals surface area contributed by atoms with Gasteiger partial charge in [0.1, 0.15) is 11.6 Å². The summed E-state index contributed by atoms with van der Waals surface area (Å²) in [6.45, 7) is 2.32. The maximum atomic E-state index is 13.5. The van der Waals surface area contributed by atoms with Crippen LogP contribution in [0.5, 0.6) is 0 Å². The van der Waals surface area contributed by atoms with Gasteiger partial charge in [0.15, 0.2) is 0 Å². The van der Waals surface area contributed by atoms with Gasteiger partial charge in [-0.15, -0.1) is 0 Å². The fraction of sp³-hybridized carbons (Fsp3) is 0.333. The van der Waals surface area contributed by atoms with Crippen LogP contribution < -0.4 is 5.32 Å². The van der Waals surface area contributed by atoms with Crippen LogP contribution in [-0.4, -0.2) is 33.5 Å². The Balaban J connectivity index is 2.84. The minimum absolute atomic E-state index is 0.168. The van der Waals surface area contributed by atoms with Crippen LogP contribution in [0, 0.1) is 5.82 Å². The zero-order valence-corrected chi connectivity index (χ0v) is 11.1. The monoisotopic (exact) mass is 287 g/mol. The van der Waals surface area contributed by atoms with Crippen molar-refractivity contribution in [3.8, 4) is 0 Å². The molecule has 0 bridgehead atoms. The average molecular weight is 287 g/mol. The summed E-state index contributed by atoms with van der Waals surface area (Å²) >= 11 is 0. The van der Waals surface area contributed by atoms with Gasteiger partial charge in [-0.05, 0) is 24.6 Å². The van der Waals surface area contributed by atoms with E-state index in [0.717, 1.165) is 24.6 Å². The van der Waals surface area contributed by atoms with Crippen molar-refractivity contribution in [3.05, 3.63) is 29.6 Å². The lowest BCUT2D eigenvalue weighted by Gasteiger charge is -2.06. The lowest BCUT2D eigenvalue weighted by Crippen LogP contribution is -2.29. The second kappa shape index (κ2) is 6.98. The van der Waals surface area contributed by atoms with Crippen molar-refractivity contribution in [3.63, 3.8) is 0 Å². The minimum atomic E-state index is -1.91. The molecule has 5 nitrogen and oxygen atoms in total. The first-order valence-electron chi connectivity index (χ1n) is 5.63. The third-order valence-corrected chi connectivity index (χ3v) is 3.59. The van der Waals surface area contributed by atoms with Gasteiger partial charge >= 0.3 is 5.97 Å². The molecule has 0 aliphatic heterocycles. The molecule has 104 valence electrons. The number of hydrogen-bond donors (Lipinski definition) is 2. The number of benzene rings is 1. The second-order valence-corrected chi connectivity index (χ2v) is 5.21. The highest BCUT2D eigenvalue weighted by Crippen LogP contribution is 2.15. The van der Waals surface area contributed by atoms with Crippen molar-refractivity contribution in [2.45, 2.75) is 18.2 Å². The summed E-state index contributed by atoms with van der Waals surface area (Å²) in [6, 6.07) is 3.00. The van der Waals surface area contributed by atoms with Crippen LogP contribution in [0.2, 0.25) is 0 Å². The molecule has 0 saturated heterocycles. The van der Waals surface area contributed by atoms with Gasteiger partial charge in [-0.2, -0.15) is 0 Å². The highest BCUT2D eigenvalue weighted by molar-refractivity contribution is 7.85. The number of carbonyl (C=O) groups excluding carboxylic acids is 1. The summed E-state index contributed by atoms with van der Waals surface area (Å²) in [7, 11) is -1.91. The summed E-state index contributed by atoms with van der Waals surface area (Å²) in [5.74, 6) is -2.87. The molecule has 0 aliphatic carbocycles. The lowest BCUT2D eigenvalue weighted by molar-refractivity contribution is -0.118. The Morgan fingerprint density at radius 2 is 2.11 bits per heavy atom. The SMILES string of the molecule is CCCNC(=O)CS(=O)c1cc(C(=O)O)ccc1F. The summed E-state index contributed by atoms with van der Waals surface area (Å²) < 4.78 is 25.3. The van der Waals surface area contributed by atoms with E-state index in [1.165, 1.54) is 0 Å². The third-order valence-electron chi connectivity index (χ3n) is 2.26. The van der Waals surface area contributed by atoms with E-state index in [2.05, 4.69) is 5.32 Å². The fourth-order valence-corrected chi connectivity index (χ4v) is 2.36. The van der Waals surface area contributed by atoms with Crippen LogP contribution in [-0.2, 0) is 15.6 Å². The molecule has 0 fully saturated rings. The van der Waals surface area contributed by atoms with E-state index in [1.807, 2.05) is 6.92 Å². The zero-order chi connectivity index (χ0) is 14.4. The van der Waals surface area contributed by atoms with Crippen LogP contribution >= 0.6 is 0 Å². The Morgan fingerprint density at radius 1 is 1.42 bits per heavy atom. The van der Waals surface area contributed by atoms with Crippen LogP contribution in [0.25, 0.3) is 0 Å². The van der Waals surface area contributed by atoms with Crippen molar-refractivity contribution in [1.82, 2.24) is 5.32 Å². The van der Waals surface area contributed by atoms with Gasteiger partial charge in [0.05, 0.1) is 21.3 Å². The molecule has 0 heterocycles. The molecule has 1 amide bonds. The van der Waals surface area contributed by atoms with Gasteiger partial charge < -0.3 is 10.4 Å². The van der Waals surface area contributed by atoms with Crippen molar-refractivity contribution < 1.29 is 23.3 Å². The highest BCUT2D eigenvalue weighted by Gasteiger charge is 2.16. The molecule has 0 saturated carbocycles. The van der Waals surface area contributed by atoms with Crippen LogP contribution in [0.4, 0.5) is 4.39 Å². The van der Waals surface area contributed by atoms with E-state index >= 15 is 0 Å². The number of carboxylic acids is 1. The molecule has 0 aromatic heterocycles. The van der Waals surface area contributed by atoms with Crippen LogP contribution in [0.3, 0.4) is 0 Å². The molecular formula is C12H14FNO4S. The summed E-state index contributed by atoms with van der Waals surface area (Å²) in [5, 5.41) is 11.3. The van der Waals surface area contributed by atoms with Crippen molar-refractivity contribution in [2.24, 2.45) is 0 Å². The van der Waals surface area contributed by atoms with Crippen molar-refractivity contribution >= 4 is 22.7 Å². The van der Waals surface area contributed by atoms with Gasteiger partial charge in [-0.3, -0.25) is 9.00 Å². The number of aromatic carboxylic acids is 1. The van der Waals surface area contributed by atoms with Gasteiger partial charge in [-0.1, -0.05) is 6.92 Å². The number of rotatable bonds is 6. The summed E-state index contributed by atoms with van der Waals surface area (Å²) in [4.78, 5) is 21.9. The lowest BCUT2D eigenvalue weighted by atomic mass is 10.2. The molecule has 1 aromatic rings. The van der Waals surface area contributed by atoms with E-state index in [0.29, 0.717) is 6.54 Å². The number of nitrogens with one attached hydrogen (secondary N) is 1. The Kier molecular flexibility index (Phi) is 5.62. The fourth-order valence-electron chi connectivity index (χ4n) is 1.32. The molecule has 1 atom stereocenters. The van der Waals surface area contributed by atoms with Gasteiger partial charge in [0.2, 0.25) is 5.91 Å². The van der Waals surface area contributed by atoms with E-state index in [1.54, 1.807) is 0 Å². The molecule has 7 heteroatoms. The number of carboxylic acid groups (broad SMARTS) is 1. The zero-order valence-electron chi connectivity index (χ0n) is 10.3. The molecule has 0 aliphatic rings. The van der Waals surface area contributed by atoms with Gasteiger partial charge in [0, 0.05) is 6.54 Å². The third kappa shape index (κ3) is 4.44. The van der Waals surface area contributed by atoms with Crippen LogP contribution in [0.15, 0.2) is 23.1 Å². The smallest absolute Gasteiger partial charge is 0.335 e. The second-order valence-electron chi connectivity index (χ2n) is 3.79. The molecule has 2 N–H and O–H groups in total. The first-order valence-corrected chi connectivity index (χ1v) is 6.95. The van der Waals surface area contributed by atoms with E-state index in [-0.39, 0.29) is 16.2 Å². The van der Waals surface area contributed by atoms with Gasteiger partial charge in [-0.25, -0.2) is 9.18 Å². The molecular weight excluding hydrogens is 273 g/mol.